The lowest BCUT2D eigenvalue weighted by Crippen LogP contribution is -2.49. The van der Waals surface area contributed by atoms with Crippen LogP contribution in [0.2, 0.25) is 5.02 Å². The molecule has 0 radical (unpaired) electrons. The number of carboxylic acid groups (broad SMARTS) is 1. The second kappa shape index (κ2) is 10.7. The van der Waals surface area contributed by atoms with Gasteiger partial charge in [0.1, 0.15) is 12.0 Å². The molecule has 1 fully saturated rings. The van der Waals surface area contributed by atoms with Gasteiger partial charge in [0.05, 0.1) is 10.4 Å². The molecule has 0 spiro atoms. The third-order valence-corrected chi connectivity index (χ3v) is 7.28. The molecule has 4 rings (SSSR count). The minimum Gasteiger partial charge on any atom is -0.481 e. The monoisotopic (exact) mass is 535 g/mol. The largest absolute Gasteiger partial charge is 0.481 e. The molecule has 3 N–H and O–H groups in total. The number of aryl methyl sites for hydroxylation is 1. The quantitative estimate of drug-likeness (QED) is 0.322. The third-order valence-electron chi connectivity index (χ3n) is 6.99. The van der Waals surface area contributed by atoms with Crippen LogP contribution in [-0.4, -0.2) is 43.7 Å². The Labute approximate surface area is 218 Å². The lowest BCUT2D eigenvalue weighted by molar-refractivity contribution is -0.153. The summed E-state index contributed by atoms with van der Waals surface area (Å²) in [6.07, 6.45) is -1.13. The highest BCUT2D eigenvalue weighted by atomic mass is 35.5. The van der Waals surface area contributed by atoms with Gasteiger partial charge in [0.15, 0.2) is 17.5 Å². The lowest BCUT2D eigenvalue weighted by Gasteiger charge is -2.43. The van der Waals surface area contributed by atoms with Crippen LogP contribution in [0.25, 0.3) is 0 Å². The SMILES string of the molecule is Cc1cc(Nc2nc(C[C@@]3(C(=O)O)CCN(Cc4cccc(Cl)c4F)[C@H](C)C3)cc([C@@H](C)F)c2F)n[nH]1. The molecule has 3 atom stereocenters. The maximum Gasteiger partial charge on any atom is 0.310 e. The molecule has 1 saturated heterocycles. The second-order valence-corrected chi connectivity index (χ2v) is 10.2. The highest BCUT2D eigenvalue weighted by molar-refractivity contribution is 6.30. The van der Waals surface area contributed by atoms with E-state index in [1.807, 2.05) is 11.8 Å². The van der Waals surface area contributed by atoms with Crippen molar-refractivity contribution in [3.8, 4) is 0 Å². The molecule has 1 aromatic carbocycles. The van der Waals surface area contributed by atoms with Gasteiger partial charge in [0, 0.05) is 47.6 Å². The van der Waals surface area contributed by atoms with Gasteiger partial charge in [-0.3, -0.25) is 14.8 Å². The molecule has 0 amide bonds. The number of anilines is 2. The first-order chi connectivity index (χ1) is 17.5. The van der Waals surface area contributed by atoms with Crippen LogP contribution in [0, 0.1) is 24.0 Å². The van der Waals surface area contributed by atoms with Crippen molar-refractivity contribution in [2.24, 2.45) is 5.41 Å². The zero-order valence-electron chi connectivity index (χ0n) is 20.8. The van der Waals surface area contributed by atoms with Crippen LogP contribution in [0.15, 0.2) is 30.3 Å². The normalized spacial score (nSPS) is 21.1. The highest BCUT2D eigenvalue weighted by Gasteiger charge is 2.45. The van der Waals surface area contributed by atoms with Crippen molar-refractivity contribution >= 4 is 29.2 Å². The second-order valence-electron chi connectivity index (χ2n) is 9.79. The van der Waals surface area contributed by atoms with Crippen LogP contribution in [0.5, 0.6) is 0 Å². The number of carbonyl (C=O) groups is 1. The number of H-pyrrole nitrogens is 1. The number of rotatable bonds is 8. The van der Waals surface area contributed by atoms with Crippen molar-refractivity contribution in [2.45, 2.75) is 58.8 Å². The Hall–Kier alpha value is -3.11. The summed E-state index contributed by atoms with van der Waals surface area (Å²) in [5, 5.41) is 19.8. The minimum atomic E-state index is -1.63. The minimum absolute atomic E-state index is 0.0136. The van der Waals surface area contributed by atoms with Crippen LogP contribution in [0.4, 0.5) is 24.8 Å². The summed E-state index contributed by atoms with van der Waals surface area (Å²) in [6, 6.07) is 7.55. The van der Waals surface area contributed by atoms with E-state index in [0.717, 1.165) is 5.69 Å². The number of carboxylic acids is 1. The smallest absolute Gasteiger partial charge is 0.310 e. The number of pyridine rings is 1. The summed E-state index contributed by atoms with van der Waals surface area (Å²) in [5.74, 6) is -2.25. The van der Waals surface area contributed by atoms with Gasteiger partial charge in [-0.05, 0) is 52.3 Å². The summed E-state index contributed by atoms with van der Waals surface area (Å²) in [5.41, 5.74) is 0.0291. The van der Waals surface area contributed by atoms with Crippen LogP contribution >= 0.6 is 11.6 Å². The van der Waals surface area contributed by atoms with E-state index >= 15 is 4.39 Å². The molecule has 0 bridgehead atoms. The van der Waals surface area contributed by atoms with E-state index in [1.54, 1.807) is 25.1 Å². The van der Waals surface area contributed by atoms with Crippen LogP contribution in [0.3, 0.4) is 0 Å². The number of hydrogen-bond acceptors (Lipinski definition) is 5. The van der Waals surface area contributed by atoms with Gasteiger partial charge < -0.3 is 10.4 Å². The third kappa shape index (κ3) is 5.75. The van der Waals surface area contributed by atoms with E-state index < -0.39 is 29.2 Å². The lowest BCUT2D eigenvalue weighted by atomic mass is 9.72. The molecule has 3 heterocycles. The van der Waals surface area contributed by atoms with Gasteiger partial charge in [-0.2, -0.15) is 5.10 Å². The van der Waals surface area contributed by atoms with E-state index in [4.69, 9.17) is 11.6 Å². The predicted octanol–water partition coefficient (Wildman–Crippen LogP) is 6.12. The Bertz CT molecular complexity index is 1300. The Morgan fingerprint density at radius 3 is 2.73 bits per heavy atom. The highest BCUT2D eigenvalue weighted by Crippen LogP contribution is 2.40. The Kier molecular flexibility index (Phi) is 7.80. The van der Waals surface area contributed by atoms with E-state index in [-0.39, 0.29) is 47.4 Å². The number of likely N-dealkylation sites (tertiary alicyclic amines) is 1. The van der Waals surface area contributed by atoms with Crippen molar-refractivity contribution in [3.05, 3.63) is 69.5 Å². The molecular formula is C26H29ClF3N5O2. The van der Waals surface area contributed by atoms with E-state index in [1.165, 1.54) is 19.1 Å². The molecular weight excluding hydrogens is 507 g/mol. The Morgan fingerprint density at radius 1 is 1.35 bits per heavy atom. The molecule has 3 aromatic rings. The van der Waals surface area contributed by atoms with Crippen molar-refractivity contribution < 1.29 is 23.1 Å². The fourth-order valence-corrected chi connectivity index (χ4v) is 5.14. The average molecular weight is 536 g/mol. The number of aliphatic carboxylic acids is 1. The summed E-state index contributed by atoms with van der Waals surface area (Å²) in [4.78, 5) is 18.9. The average Bonchev–Trinajstić information content (AvgIpc) is 3.24. The van der Waals surface area contributed by atoms with Gasteiger partial charge >= 0.3 is 5.97 Å². The van der Waals surface area contributed by atoms with Crippen molar-refractivity contribution in [1.29, 1.82) is 0 Å². The zero-order chi connectivity index (χ0) is 26.9. The molecule has 7 nitrogen and oxygen atoms in total. The van der Waals surface area contributed by atoms with Crippen LogP contribution < -0.4 is 5.32 Å². The van der Waals surface area contributed by atoms with Crippen molar-refractivity contribution in [2.75, 3.05) is 11.9 Å². The van der Waals surface area contributed by atoms with Crippen LogP contribution in [-0.2, 0) is 17.8 Å². The summed E-state index contributed by atoms with van der Waals surface area (Å²) < 4.78 is 43.8. The molecule has 1 aliphatic heterocycles. The Morgan fingerprint density at radius 2 is 2.11 bits per heavy atom. The number of aromatic amines is 1. The fourth-order valence-electron chi connectivity index (χ4n) is 4.95. The molecule has 0 aliphatic carbocycles. The van der Waals surface area contributed by atoms with Gasteiger partial charge in [-0.15, -0.1) is 0 Å². The fraction of sp³-hybridized carbons (Fsp3) is 0.423. The van der Waals surface area contributed by atoms with Crippen molar-refractivity contribution in [3.63, 3.8) is 0 Å². The Balaban J connectivity index is 1.59. The van der Waals surface area contributed by atoms with Crippen molar-refractivity contribution in [1.82, 2.24) is 20.1 Å². The molecule has 37 heavy (non-hydrogen) atoms. The molecule has 2 aromatic heterocycles. The number of aromatic nitrogens is 3. The number of piperidine rings is 1. The first-order valence-corrected chi connectivity index (χ1v) is 12.4. The number of alkyl halides is 1. The number of benzene rings is 1. The first kappa shape index (κ1) is 26.9. The number of halogens is 4. The molecule has 0 saturated carbocycles. The predicted molar refractivity (Wildman–Crippen MR) is 135 cm³/mol. The number of nitrogens with zero attached hydrogens (tertiary/aromatic N) is 3. The maximum absolute atomic E-state index is 15.0. The topological polar surface area (TPSA) is 94.1 Å². The number of hydrogen-bond donors (Lipinski definition) is 3. The molecule has 198 valence electrons. The molecule has 11 heteroatoms. The summed E-state index contributed by atoms with van der Waals surface area (Å²) in [7, 11) is 0. The van der Waals surface area contributed by atoms with E-state index in [2.05, 4.69) is 20.5 Å². The van der Waals surface area contributed by atoms with E-state index in [9.17, 15) is 18.7 Å². The van der Waals surface area contributed by atoms with Gasteiger partial charge in [-0.25, -0.2) is 18.2 Å². The standard InChI is InChI=1S/C26H29ClF3N5O2/c1-14-9-21(34-33-14)32-24-23(30)19(16(3)28)10-18(31-24)12-26(25(36)37)7-8-35(15(2)11-26)13-17-5-4-6-20(27)22(17)29/h4-6,9-10,15-16H,7-8,11-13H2,1-3H3,(H,36,37)(H2,31,32,33,34)/t15-,16-,26-/m1/s1. The number of nitrogens with one attached hydrogen (secondary N) is 2. The summed E-state index contributed by atoms with van der Waals surface area (Å²) >= 11 is 5.91. The summed E-state index contributed by atoms with van der Waals surface area (Å²) in [6.45, 7) is 5.56. The van der Waals surface area contributed by atoms with Crippen LogP contribution in [0.1, 0.15) is 55.4 Å². The van der Waals surface area contributed by atoms with E-state index in [0.29, 0.717) is 24.5 Å². The molecule has 0 unspecified atom stereocenters. The first-order valence-electron chi connectivity index (χ1n) is 12.0. The van der Waals surface area contributed by atoms with Gasteiger partial charge in [0.25, 0.3) is 0 Å². The van der Waals surface area contributed by atoms with Gasteiger partial charge in [0.2, 0.25) is 0 Å². The zero-order valence-corrected chi connectivity index (χ0v) is 21.5. The molecule has 1 aliphatic rings. The maximum atomic E-state index is 15.0. The van der Waals surface area contributed by atoms with Gasteiger partial charge in [-0.1, -0.05) is 23.7 Å².